The lowest BCUT2D eigenvalue weighted by Gasteiger charge is -2.43. The number of halogens is 1. The van der Waals surface area contributed by atoms with Crippen LogP contribution >= 0.6 is 0 Å². The number of aromatic nitrogens is 3. The summed E-state index contributed by atoms with van der Waals surface area (Å²) in [5, 5.41) is 71.4. The number of piperazine rings is 3. The molecule has 18 rings (SSSR count). The molecule has 3 aromatic heterocycles. The van der Waals surface area contributed by atoms with Crippen LogP contribution in [0.1, 0.15) is 133 Å². The van der Waals surface area contributed by atoms with Gasteiger partial charge in [0.2, 0.25) is 35.4 Å². The van der Waals surface area contributed by atoms with Crippen molar-refractivity contribution in [3.8, 4) is 54.1 Å². The number of alkyl halides is 1. The van der Waals surface area contributed by atoms with E-state index in [2.05, 4.69) is 240 Å². The van der Waals surface area contributed by atoms with Crippen LogP contribution in [0.25, 0.3) is 32.3 Å². The van der Waals surface area contributed by atoms with Gasteiger partial charge in [0.15, 0.2) is 0 Å². The molecule has 0 radical (unpaired) electrons. The maximum atomic E-state index is 14.5. The molecule has 0 aliphatic carbocycles. The molecule has 0 bridgehead atoms. The molecule has 9 aliphatic rings. The van der Waals surface area contributed by atoms with Gasteiger partial charge >= 0.3 is 0 Å². The molecule has 0 saturated carbocycles. The van der Waals surface area contributed by atoms with Crippen molar-refractivity contribution in [2.24, 2.45) is 0 Å². The van der Waals surface area contributed by atoms with Crippen molar-refractivity contribution in [2.75, 3.05) is 174 Å². The molecule has 29 heteroatoms. The summed E-state index contributed by atoms with van der Waals surface area (Å²) in [4.78, 5) is 76.0. The summed E-state index contributed by atoms with van der Waals surface area (Å²) in [7, 11) is 1.75. The zero-order valence-electron chi connectivity index (χ0n) is 79.9. The van der Waals surface area contributed by atoms with E-state index in [1.165, 1.54) is 78.6 Å². The zero-order valence-corrected chi connectivity index (χ0v) is 79.9. The van der Waals surface area contributed by atoms with Crippen molar-refractivity contribution < 1.29 is 37.7 Å². The van der Waals surface area contributed by atoms with Gasteiger partial charge in [-0.25, -0.2) is 19.3 Å². The number of nitrogens with one attached hydrogen (secondary N) is 1. The second-order valence-corrected chi connectivity index (χ2v) is 38.1. The van der Waals surface area contributed by atoms with Crippen molar-refractivity contribution in [2.45, 2.75) is 167 Å². The molecule has 6 saturated heterocycles. The molecular formula is C108H122FN21O7. The molecule has 3 amide bonds. The second kappa shape index (κ2) is 42.6. The molecule has 12 heterocycles. The minimum absolute atomic E-state index is 0.0515. The normalized spacial score (nSPS) is 20.7. The standard InChI is InChI=1S/C36H40FN7O2.C36H41N7O3.C36H41N7O2/c1-4-32(45)44-18-17-43(22-27(44)11-14-38)34-28-12-15-42(31-10-6-9-26-8-5-7-25(2)33(26)31)23-30(28)40-35(29(34)21-39)46-20-19-41-16-13-36(3,37)24-41;1-4-33(44)43-18-17-42(22-27(43)11-14-37)35-29-13-16-41(32-10-6-9-26-8-5-7-25(2)34(26)32)24-31(29)39-36(30(35)21-38)46-20-19-40-15-12-28(23-40)45-3;1-5-32(44)43-19-18-42(21-27(43)13-16-37)34-28-14-17-41(31-11-7-10-25-9-6-8-24(2)33(25)31)22-30(28)39-35(29(34)20-38)45-23-26-12-15-36(3,4)40-26/h4-10,27H,1,11-13,15-20,22-24H2,2-3H3;4-10,27-28H,1,11-13,15-20,22-24H2,2-3H3;5-11,26-27,40H,1,12-15,17-19,21-23H2,2-4H3/t27-,36?;27-,28?;26-,27-/m000/s1. The maximum absolute atomic E-state index is 14.5. The van der Waals surface area contributed by atoms with Crippen LogP contribution in [0.15, 0.2) is 147 Å². The summed E-state index contributed by atoms with van der Waals surface area (Å²) in [6, 6.07) is 51.6. The van der Waals surface area contributed by atoms with Crippen molar-refractivity contribution in [1.82, 2.24) is 44.8 Å². The highest BCUT2D eigenvalue weighted by Crippen LogP contribution is 2.46. The summed E-state index contributed by atoms with van der Waals surface area (Å²) in [6.45, 7) is 36.7. The van der Waals surface area contributed by atoms with Crippen LogP contribution in [0.2, 0.25) is 0 Å². The minimum atomic E-state index is -1.20. The molecule has 9 aliphatic heterocycles. The molecule has 1 N–H and O–H groups in total. The predicted molar refractivity (Wildman–Crippen MR) is 531 cm³/mol. The van der Waals surface area contributed by atoms with Crippen LogP contribution in [-0.4, -0.2) is 243 Å². The Balaban J connectivity index is 0.000000149. The number of hydrogen-bond acceptors (Lipinski definition) is 25. The lowest BCUT2D eigenvalue weighted by molar-refractivity contribution is -0.129. The quantitative estimate of drug-likeness (QED) is 0.0549. The van der Waals surface area contributed by atoms with E-state index in [1.807, 2.05) is 4.90 Å². The Labute approximate surface area is 803 Å². The third-order valence-electron chi connectivity index (χ3n) is 28.8. The number of methoxy groups -OCH3 is 1. The Kier molecular flexibility index (Phi) is 29.9. The maximum Gasteiger partial charge on any atom is 0.246 e. The van der Waals surface area contributed by atoms with Crippen molar-refractivity contribution in [3.05, 3.63) is 214 Å². The van der Waals surface area contributed by atoms with Crippen molar-refractivity contribution >= 4 is 84.2 Å². The first-order chi connectivity index (χ1) is 66.4. The van der Waals surface area contributed by atoms with Gasteiger partial charge in [0, 0.05) is 186 Å². The van der Waals surface area contributed by atoms with E-state index < -0.39 is 5.67 Å². The number of amides is 3. The summed E-state index contributed by atoms with van der Waals surface area (Å²) in [6.07, 6.45) is 10.3. The van der Waals surface area contributed by atoms with E-state index in [1.54, 1.807) is 28.7 Å². The number of pyridine rings is 3. The molecule has 137 heavy (non-hydrogen) atoms. The lowest BCUT2D eigenvalue weighted by atomic mass is 9.95. The summed E-state index contributed by atoms with van der Waals surface area (Å²) >= 11 is 0. The van der Waals surface area contributed by atoms with Gasteiger partial charge in [-0.15, -0.1) is 0 Å². The molecule has 2 unspecified atom stereocenters. The van der Waals surface area contributed by atoms with E-state index in [0.717, 1.165) is 109 Å². The van der Waals surface area contributed by atoms with Gasteiger partial charge in [-0.05, 0) is 156 Å². The Morgan fingerprint density at radius 2 is 0.825 bits per heavy atom. The first-order valence-electron chi connectivity index (χ1n) is 48.0. The third-order valence-corrected chi connectivity index (χ3v) is 28.8. The first kappa shape index (κ1) is 96.2. The summed E-state index contributed by atoms with van der Waals surface area (Å²) < 4.78 is 39.0. The number of hydrogen-bond donors (Lipinski definition) is 1. The highest BCUT2D eigenvalue weighted by Gasteiger charge is 2.42. The van der Waals surface area contributed by atoms with Crippen molar-refractivity contribution in [1.29, 1.82) is 31.6 Å². The number of benzene rings is 6. The third kappa shape index (κ3) is 20.8. The Morgan fingerprint density at radius 1 is 0.460 bits per heavy atom. The summed E-state index contributed by atoms with van der Waals surface area (Å²) in [5.41, 5.74) is 15.4. The fraction of sp³-hybridized carbons (Fsp3) is 0.444. The number of carbonyl (C=O) groups excluding carboxylic acids is 3. The van der Waals surface area contributed by atoms with E-state index in [4.69, 9.17) is 33.9 Å². The average Bonchev–Trinajstić information content (AvgIpc) is 1.04. The lowest BCUT2D eigenvalue weighted by Crippen LogP contribution is -2.55. The van der Waals surface area contributed by atoms with Gasteiger partial charge in [0.1, 0.15) is 60.4 Å². The highest BCUT2D eigenvalue weighted by atomic mass is 19.1. The molecule has 6 aromatic carbocycles. The van der Waals surface area contributed by atoms with Crippen molar-refractivity contribution in [3.63, 3.8) is 0 Å². The number of likely N-dealkylation sites (tertiary alicyclic amines) is 2. The van der Waals surface area contributed by atoms with Crippen LogP contribution in [0.5, 0.6) is 17.6 Å². The molecule has 708 valence electrons. The molecule has 6 fully saturated rings. The van der Waals surface area contributed by atoms with Crippen LogP contribution in [0, 0.1) is 88.8 Å². The van der Waals surface area contributed by atoms with Gasteiger partial charge in [-0.3, -0.25) is 24.2 Å². The topological polar surface area (TPSA) is 317 Å². The monoisotopic (exact) mass is 1840 g/mol. The number of aryl methyl sites for hydroxylation is 3. The Bertz CT molecular complexity index is 6360. The average molecular weight is 1850 g/mol. The number of rotatable bonds is 24. The fourth-order valence-corrected chi connectivity index (χ4v) is 21.9. The minimum Gasteiger partial charge on any atom is -0.475 e. The van der Waals surface area contributed by atoms with Crippen LogP contribution in [0.3, 0.4) is 0 Å². The number of fused-ring (bicyclic) bond motifs is 6. The number of nitrogens with zero attached hydrogens (tertiary/aromatic N) is 20. The summed E-state index contributed by atoms with van der Waals surface area (Å²) in [5.74, 6) is 0.416. The van der Waals surface area contributed by atoms with E-state index in [9.17, 15) is 50.3 Å². The van der Waals surface area contributed by atoms with E-state index in [-0.39, 0.29) is 85.3 Å². The van der Waals surface area contributed by atoms with Gasteiger partial charge in [-0.2, -0.15) is 31.6 Å². The van der Waals surface area contributed by atoms with Gasteiger partial charge in [0.05, 0.1) is 115 Å². The largest absolute Gasteiger partial charge is 0.475 e. The molecule has 9 aromatic rings. The molecule has 0 spiro atoms. The Hall–Kier alpha value is -13.9. The number of anilines is 6. The number of nitriles is 6. The van der Waals surface area contributed by atoms with Crippen LogP contribution in [-0.2, 0) is 58.0 Å². The van der Waals surface area contributed by atoms with Crippen LogP contribution < -0.4 is 48.9 Å². The molecular weight excluding hydrogens is 1720 g/mol. The smallest absolute Gasteiger partial charge is 0.246 e. The molecule has 6 atom stereocenters. The first-order valence-corrected chi connectivity index (χ1v) is 48.0. The second-order valence-electron chi connectivity index (χ2n) is 38.1. The highest BCUT2D eigenvalue weighted by molar-refractivity contribution is 6.00. The predicted octanol–water partition coefficient (Wildman–Crippen LogP) is 14.1. The van der Waals surface area contributed by atoms with Gasteiger partial charge in [0.25, 0.3) is 0 Å². The number of carbonyl (C=O) groups is 3. The Morgan fingerprint density at radius 3 is 1.15 bits per heavy atom. The SMILES string of the molecule is C=CC(=O)N1CCN(c2c(C#N)c(OCCN3CCC(C)(F)C3)nc3c2CCN(c2cccc4cccc(C)c24)C3)C[C@@H]1CC#N.C=CC(=O)N1CCN(c2c(C#N)c(OCCN3CCC(OC)C3)nc3c2CCN(c2cccc4cccc(C)c24)C3)C[C@@H]1CC#N.C=CC(=O)N1CCN(c2c(C#N)c(OC[C@@H]3CCC(C)(C)N3)nc3c2CCN(c2cccc4cccc(C)c24)C3)C[C@@H]1CC#N. The number of ether oxygens (including phenoxy) is 4. The van der Waals surface area contributed by atoms with E-state index >= 15 is 0 Å². The fourth-order valence-electron chi connectivity index (χ4n) is 21.9. The van der Waals surface area contributed by atoms with Gasteiger partial charge in [-0.1, -0.05) is 111 Å². The van der Waals surface area contributed by atoms with Crippen LogP contribution in [0.4, 0.5) is 38.5 Å². The van der Waals surface area contributed by atoms with Gasteiger partial charge < -0.3 is 68.4 Å². The van der Waals surface area contributed by atoms with E-state index in [0.29, 0.717) is 172 Å². The molecule has 28 nitrogen and oxygen atoms in total. The zero-order chi connectivity index (χ0) is 96.3.